The van der Waals surface area contributed by atoms with Crippen LogP contribution in [-0.2, 0) is 7.05 Å². The van der Waals surface area contributed by atoms with Gasteiger partial charge in [0.15, 0.2) is 4.80 Å². The van der Waals surface area contributed by atoms with Gasteiger partial charge < -0.3 is 4.57 Å². The first-order valence-electron chi connectivity index (χ1n) is 6.46. The molecule has 0 aliphatic carbocycles. The largest absolute Gasteiger partial charge is 0.317 e. The second-order valence-electron chi connectivity index (χ2n) is 4.82. The minimum Gasteiger partial charge on any atom is -0.317 e. The van der Waals surface area contributed by atoms with E-state index in [-0.39, 0.29) is 11.7 Å². The summed E-state index contributed by atoms with van der Waals surface area (Å²) in [6, 6.07) is 12.1. The van der Waals surface area contributed by atoms with Gasteiger partial charge in [-0.2, -0.15) is 4.99 Å². The van der Waals surface area contributed by atoms with Gasteiger partial charge in [0, 0.05) is 12.6 Å². The third kappa shape index (κ3) is 2.52. The van der Waals surface area contributed by atoms with Gasteiger partial charge in [0.25, 0.3) is 5.91 Å². The van der Waals surface area contributed by atoms with Gasteiger partial charge in [0.2, 0.25) is 0 Å². The monoisotopic (exact) mass is 300 g/mol. The average molecular weight is 300 g/mol. The summed E-state index contributed by atoms with van der Waals surface area (Å²) in [5.74, 6) is -0.628. The molecule has 0 fully saturated rings. The van der Waals surface area contributed by atoms with E-state index < -0.39 is 0 Å². The van der Waals surface area contributed by atoms with Crippen LogP contribution in [0.15, 0.2) is 47.5 Å². The molecule has 0 N–H and O–H groups in total. The number of hydrogen-bond donors (Lipinski definition) is 0. The molecule has 1 amide bonds. The van der Waals surface area contributed by atoms with Crippen molar-refractivity contribution in [1.29, 1.82) is 0 Å². The highest BCUT2D eigenvalue weighted by atomic mass is 32.1. The lowest BCUT2D eigenvalue weighted by atomic mass is 10.1. The number of aryl methyl sites for hydroxylation is 2. The Hall–Kier alpha value is -2.27. The zero-order valence-corrected chi connectivity index (χ0v) is 12.4. The molecule has 3 nitrogen and oxygen atoms in total. The Morgan fingerprint density at radius 2 is 2.00 bits per heavy atom. The first-order valence-corrected chi connectivity index (χ1v) is 7.27. The van der Waals surface area contributed by atoms with Gasteiger partial charge >= 0.3 is 0 Å². The molecular formula is C16H13FN2OS. The van der Waals surface area contributed by atoms with Gasteiger partial charge in [-0.1, -0.05) is 35.1 Å². The van der Waals surface area contributed by atoms with Gasteiger partial charge in [-0.15, -0.1) is 0 Å². The standard InChI is InChI=1S/C16H13FN2OS/c1-10-5-3-6-11(9-10)15(20)18-16-19(2)14-12(17)7-4-8-13(14)21-16/h3-9H,1-2H3. The first-order chi connectivity index (χ1) is 10.1. The van der Waals surface area contributed by atoms with E-state index in [0.717, 1.165) is 10.3 Å². The fraction of sp³-hybridized carbons (Fsp3) is 0.125. The van der Waals surface area contributed by atoms with Crippen molar-refractivity contribution in [3.8, 4) is 0 Å². The van der Waals surface area contributed by atoms with Crippen molar-refractivity contribution < 1.29 is 9.18 Å². The van der Waals surface area contributed by atoms with Crippen molar-refractivity contribution in [2.45, 2.75) is 6.92 Å². The van der Waals surface area contributed by atoms with Gasteiger partial charge in [-0.3, -0.25) is 4.79 Å². The Morgan fingerprint density at radius 1 is 1.24 bits per heavy atom. The number of fused-ring (bicyclic) bond motifs is 1. The highest BCUT2D eigenvalue weighted by molar-refractivity contribution is 7.16. The molecule has 2 aromatic carbocycles. The number of para-hydroxylation sites is 1. The summed E-state index contributed by atoms with van der Waals surface area (Å²) in [7, 11) is 1.71. The summed E-state index contributed by atoms with van der Waals surface area (Å²) in [5.41, 5.74) is 2.01. The number of thiazole rings is 1. The molecule has 3 aromatic rings. The lowest BCUT2D eigenvalue weighted by Crippen LogP contribution is -2.13. The van der Waals surface area contributed by atoms with E-state index in [1.165, 1.54) is 17.4 Å². The maximum Gasteiger partial charge on any atom is 0.279 e. The van der Waals surface area contributed by atoms with Crippen molar-refractivity contribution in [2.24, 2.45) is 12.0 Å². The summed E-state index contributed by atoms with van der Waals surface area (Å²) in [5, 5.41) is 0. The number of hydrogen-bond acceptors (Lipinski definition) is 2. The average Bonchev–Trinajstić information content (AvgIpc) is 2.77. The predicted molar refractivity (Wildman–Crippen MR) is 81.8 cm³/mol. The van der Waals surface area contributed by atoms with E-state index in [9.17, 15) is 9.18 Å². The maximum atomic E-state index is 13.8. The molecule has 5 heteroatoms. The summed E-state index contributed by atoms with van der Waals surface area (Å²) >= 11 is 1.30. The van der Waals surface area contributed by atoms with Gasteiger partial charge in [-0.25, -0.2) is 4.39 Å². The SMILES string of the molecule is Cc1cccc(C(=O)N=c2sc3cccc(F)c3n2C)c1. The Labute approximate surface area is 125 Å². The van der Waals surface area contributed by atoms with E-state index >= 15 is 0 Å². The molecule has 0 unspecified atom stereocenters. The van der Waals surface area contributed by atoms with Crippen molar-refractivity contribution >= 4 is 27.5 Å². The number of halogens is 1. The summed E-state index contributed by atoms with van der Waals surface area (Å²) < 4.78 is 16.2. The Balaban J connectivity index is 2.14. The normalized spacial score (nSPS) is 12.0. The number of aromatic nitrogens is 1. The second-order valence-corrected chi connectivity index (χ2v) is 5.83. The van der Waals surface area contributed by atoms with E-state index in [2.05, 4.69) is 4.99 Å². The Morgan fingerprint density at radius 3 is 2.71 bits per heavy atom. The number of carbonyl (C=O) groups excluding carboxylic acids is 1. The molecule has 0 aliphatic rings. The molecule has 0 bridgehead atoms. The third-order valence-corrected chi connectivity index (χ3v) is 4.33. The Kier molecular flexibility index (Phi) is 3.43. The van der Waals surface area contributed by atoms with Gasteiger partial charge in [0.05, 0.1) is 10.2 Å². The molecule has 0 aliphatic heterocycles. The number of benzene rings is 2. The number of carbonyl (C=O) groups is 1. The van der Waals surface area contributed by atoms with Crippen molar-refractivity contribution in [1.82, 2.24) is 4.57 Å². The van der Waals surface area contributed by atoms with Gasteiger partial charge in [-0.05, 0) is 31.2 Å². The zero-order valence-electron chi connectivity index (χ0n) is 11.6. The molecule has 0 atom stereocenters. The molecule has 0 saturated heterocycles. The minimum absolute atomic E-state index is 0.310. The highest BCUT2D eigenvalue weighted by Gasteiger charge is 2.09. The van der Waals surface area contributed by atoms with Crippen LogP contribution in [0.2, 0.25) is 0 Å². The van der Waals surface area contributed by atoms with Crippen molar-refractivity contribution in [2.75, 3.05) is 0 Å². The van der Waals surface area contributed by atoms with Crippen LogP contribution < -0.4 is 4.80 Å². The third-order valence-electron chi connectivity index (χ3n) is 3.24. The number of amides is 1. The lowest BCUT2D eigenvalue weighted by molar-refractivity contribution is 0.0998. The van der Waals surface area contributed by atoms with E-state index in [1.807, 2.05) is 25.1 Å². The van der Waals surface area contributed by atoms with Crippen LogP contribution >= 0.6 is 11.3 Å². The van der Waals surface area contributed by atoms with E-state index in [1.54, 1.807) is 29.8 Å². The molecule has 3 rings (SSSR count). The summed E-state index contributed by atoms with van der Waals surface area (Å²) in [4.78, 5) is 16.8. The zero-order chi connectivity index (χ0) is 15.0. The predicted octanol–water partition coefficient (Wildman–Crippen LogP) is 3.43. The fourth-order valence-corrected chi connectivity index (χ4v) is 3.22. The smallest absolute Gasteiger partial charge is 0.279 e. The highest BCUT2D eigenvalue weighted by Crippen LogP contribution is 2.19. The van der Waals surface area contributed by atoms with Crippen LogP contribution in [0, 0.1) is 12.7 Å². The number of nitrogens with zero attached hydrogens (tertiary/aromatic N) is 2. The Bertz CT molecular complexity index is 908. The molecule has 21 heavy (non-hydrogen) atoms. The van der Waals surface area contributed by atoms with Crippen LogP contribution in [0.5, 0.6) is 0 Å². The molecular weight excluding hydrogens is 287 g/mol. The lowest BCUT2D eigenvalue weighted by Gasteiger charge is -1.98. The molecule has 1 heterocycles. The molecule has 0 saturated carbocycles. The quantitative estimate of drug-likeness (QED) is 0.678. The number of rotatable bonds is 1. The fourth-order valence-electron chi connectivity index (χ4n) is 2.19. The van der Waals surface area contributed by atoms with Crippen LogP contribution in [-0.4, -0.2) is 10.5 Å². The van der Waals surface area contributed by atoms with E-state index in [0.29, 0.717) is 15.9 Å². The second kappa shape index (κ2) is 5.26. The maximum absolute atomic E-state index is 13.8. The summed E-state index contributed by atoms with van der Waals surface area (Å²) in [6.07, 6.45) is 0. The van der Waals surface area contributed by atoms with Crippen LogP contribution in [0.25, 0.3) is 10.2 Å². The summed E-state index contributed by atoms with van der Waals surface area (Å²) in [6.45, 7) is 1.92. The molecule has 106 valence electrons. The van der Waals surface area contributed by atoms with Crippen LogP contribution in [0.1, 0.15) is 15.9 Å². The van der Waals surface area contributed by atoms with E-state index in [4.69, 9.17) is 0 Å². The minimum atomic E-state index is -0.318. The van der Waals surface area contributed by atoms with Gasteiger partial charge in [0.1, 0.15) is 5.82 Å². The molecule has 1 aromatic heterocycles. The van der Waals surface area contributed by atoms with Crippen LogP contribution in [0.4, 0.5) is 4.39 Å². The topological polar surface area (TPSA) is 34.4 Å². The molecule has 0 spiro atoms. The van der Waals surface area contributed by atoms with Crippen molar-refractivity contribution in [3.05, 3.63) is 64.2 Å². The van der Waals surface area contributed by atoms with Crippen LogP contribution in [0.3, 0.4) is 0 Å². The van der Waals surface area contributed by atoms with Crippen molar-refractivity contribution in [3.63, 3.8) is 0 Å². The molecule has 0 radical (unpaired) electrons. The first kappa shape index (κ1) is 13.7.